The van der Waals surface area contributed by atoms with E-state index in [1.165, 1.54) is 38.7 Å². The van der Waals surface area contributed by atoms with E-state index < -0.39 is 22.1 Å². The average Bonchev–Trinajstić information content (AvgIpc) is 2.93. The summed E-state index contributed by atoms with van der Waals surface area (Å²) in [6.45, 7) is 5.38. The van der Waals surface area contributed by atoms with Gasteiger partial charge in [0, 0.05) is 11.8 Å². The van der Waals surface area contributed by atoms with Gasteiger partial charge < -0.3 is 18.9 Å². The molecule has 0 radical (unpaired) electrons. The molecule has 0 bridgehead atoms. The van der Waals surface area contributed by atoms with Crippen LogP contribution in [0.15, 0.2) is 53.7 Å². The first-order valence-electron chi connectivity index (χ1n) is 11.9. The zero-order chi connectivity index (χ0) is 28.6. The molecule has 39 heavy (non-hydrogen) atoms. The number of hydrogen-bond donors (Lipinski definition) is 0. The van der Waals surface area contributed by atoms with Gasteiger partial charge in [-0.25, -0.2) is 23.2 Å². The van der Waals surface area contributed by atoms with Crippen LogP contribution in [-0.4, -0.2) is 62.9 Å². The summed E-state index contributed by atoms with van der Waals surface area (Å²) in [5, 5.41) is 0. The van der Waals surface area contributed by atoms with Crippen molar-refractivity contribution in [2.75, 3.05) is 31.7 Å². The van der Waals surface area contributed by atoms with E-state index in [-0.39, 0.29) is 47.8 Å². The maximum absolute atomic E-state index is 14.1. The van der Waals surface area contributed by atoms with E-state index in [2.05, 4.69) is 19.7 Å². The topological polar surface area (TPSA) is 147 Å². The SMILES string of the molecule is COC(=O)CCOc1ccc(-c2ncccc2S(=O)(=O)N(C(=O)OCC(C)C)c2ncc(C)nc2OC)cc1. The predicted molar refractivity (Wildman–Crippen MR) is 141 cm³/mol. The van der Waals surface area contributed by atoms with Gasteiger partial charge in [-0.15, -0.1) is 4.31 Å². The summed E-state index contributed by atoms with van der Waals surface area (Å²) in [6.07, 6.45) is 1.67. The van der Waals surface area contributed by atoms with Crippen LogP contribution < -0.4 is 13.8 Å². The summed E-state index contributed by atoms with van der Waals surface area (Å²) in [5.74, 6) is -0.505. The molecule has 208 valence electrons. The molecule has 12 nitrogen and oxygen atoms in total. The van der Waals surface area contributed by atoms with Gasteiger partial charge in [0.25, 0.3) is 15.9 Å². The van der Waals surface area contributed by atoms with Gasteiger partial charge in [0.05, 0.1) is 51.4 Å². The van der Waals surface area contributed by atoms with Gasteiger partial charge in [-0.2, -0.15) is 0 Å². The summed E-state index contributed by atoms with van der Waals surface area (Å²) in [4.78, 5) is 36.8. The second-order valence-corrected chi connectivity index (χ2v) is 10.4. The van der Waals surface area contributed by atoms with E-state index in [0.29, 0.717) is 21.3 Å². The Balaban J connectivity index is 2.04. The Morgan fingerprint density at radius 3 is 2.41 bits per heavy atom. The lowest BCUT2D eigenvalue weighted by Crippen LogP contribution is -2.39. The Morgan fingerprint density at radius 2 is 1.77 bits per heavy atom. The van der Waals surface area contributed by atoms with Gasteiger partial charge >= 0.3 is 12.1 Å². The summed E-state index contributed by atoms with van der Waals surface area (Å²) < 4.78 is 49.2. The molecule has 0 aliphatic rings. The summed E-state index contributed by atoms with van der Waals surface area (Å²) in [5.41, 5.74) is 0.978. The second kappa shape index (κ2) is 13.0. The molecule has 0 N–H and O–H groups in total. The Hall–Kier alpha value is -4.26. The third kappa shape index (κ3) is 7.19. The van der Waals surface area contributed by atoms with Crippen LogP contribution in [0.1, 0.15) is 26.0 Å². The van der Waals surface area contributed by atoms with Crippen molar-refractivity contribution in [3.05, 3.63) is 54.5 Å². The number of sulfonamides is 1. The smallest absolute Gasteiger partial charge is 0.430 e. The standard InChI is InChI=1S/C26H30N4O8S/c1-17(2)16-38-26(32)30(24-25(36-5)29-18(3)15-28-24)39(33,34)21-7-6-13-27-23(21)19-8-10-20(11-9-19)37-14-12-22(31)35-4/h6-11,13,15,17H,12,14,16H2,1-5H3. The van der Waals surface area contributed by atoms with Crippen molar-refractivity contribution < 1.29 is 37.0 Å². The van der Waals surface area contributed by atoms with Crippen LogP contribution in [0.3, 0.4) is 0 Å². The van der Waals surface area contributed by atoms with Crippen molar-refractivity contribution in [2.24, 2.45) is 5.92 Å². The Bertz CT molecular complexity index is 1410. The lowest BCUT2D eigenvalue weighted by molar-refractivity contribution is -0.141. The Kier molecular flexibility index (Phi) is 9.77. The highest BCUT2D eigenvalue weighted by Gasteiger charge is 2.38. The number of benzene rings is 1. The van der Waals surface area contributed by atoms with Gasteiger partial charge in [0.15, 0.2) is 0 Å². The van der Waals surface area contributed by atoms with Crippen LogP contribution in [0.4, 0.5) is 10.6 Å². The first-order valence-corrected chi connectivity index (χ1v) is 13.4. The number of aromatic nitrogens is 3. The Labute approximate surface area is 227 Å². The molecule has 1 aromatic carbocycles. The van der Waals surface area contributed by atoms with E-state index in [1.54, 1.807) is 31.2 Å². The van der Waals surface area contributed by atoms with Gasteiger partial charge in [0.2, 0.25) is 5.82 Å². The molecule has 0 fully saturated rings. The monoisotopic (exact) mass is 558 g/mol. The number of carbonyl (C=O) groups is 2. The lowest BCUT2D eigenvalue weighted by atomic mass is 10.1. The molecule has 3 rings (SSSR count). The molecule has 0 spiro atoms. The third-order valence-corrected chi connectivity index (χ3v) is 6.84. The maximum Gasteiger partial charge on any atom is 0.430 e. The summed E-state index contributed by atoms with van der Waals surface area (Å²) >= 11 is 0. The molecule has 2 aromatic heterocycles. The number of nitrogens with zero attached hydrogens (tertiary/aromatic N) is 4. The number of hydrogen-bond acceptors (Lipinski definition) is 11. The van der Waals surface area contributed by atoms with Crippen molar-refractivity contribution in [1.29, 1.82) is 0 Å². The first kappa shape index (κ1) is 29.3. The van der Waals surface area contributed by atoms with Crippen LogP contribution in [0.5, 0.6) is 11.6 Å². The molecule has 0 aliphatic heterocycles. The van der Waals surface area contributed by atoms with Gasteiger partial charge in [-0.05, 0) is 49.2 Å². The zero-order valence-corrected chi connectivity index (χ0v) is 23.1. The van der Waals surface area contributed by atoms with Crippen LogP contribution >= 0.6 is 0 Å². The molecule has 2 heterocycles. The van der Waals surface area contributed by atoms with E-state index in [9.17, 15) is 18.0 Å². The van der Waals surface area contributed by atoms with Crippen molar-refractivity contribution in [1.82, 2.24) is 15.0 Å². The number of methoxy groups -OCH3 is 2. The van der Waals surface area contributed by atoms with E-state index >= 15 is 0 Å². The fourth-order valence-corrected chi connectivity index (χ4v) is 4.76. The fourth-order valence-electron chi connectivity index (χ4n) is 3.30. The highest BCUT2D eigenvalue weighted by atomic mass is 32.2. The normalized spacial score (nSPS) is 11.1. The molecule has 0 aliphatic carbocycles. The number of anilines is 1. The minimum absolute atomic E-state index is 0.0240. The molecule has 3 aromatic rings. The second-order valence-electron chi connectivity index (χ2n) is 8.63. The van der Waals surface area contributed by atoms with Crippen LogP contribution in [0.25, 0.3) is 11.3 Å². The average molecular weight is 559 g/mol. The highest BCUT2D eigenvalue weighted by Crippen LogP contribution is 2.34. The van der Waals surface area contributed by atoms with Crippen LogP contribution in [0.2, 0.25) is 0 Å². The molecular weight excluding hydrogens is 528 g/mol. The van der Waals surface area contributed by atoms with E-state index in [4.69, 9.17) is 14.2 Å². The van der Waals surface area contributed by atoms with E-state index in [1.807, 2.05) is 13.8 Å². The third-order valence-electron chi connectivity index (χ3n) is 5.15. The zero-order valence-electron chi connectivity index (χ0n) is 22.3. The van der Waals surface area contributed by atoms with Crippen molar-refractivity contribution in [3.8, 4) is 22.9 Å². The van der Waals surface area contributed by atoms with Crippen LogP contribution in [0, 0.1) is 12.8 Å². The molecule has 0 saturated heterocycles. The van der Waals surface area contributed by atoms with Crippen molar-refractivity contribution in [3.63, 3.8) is 0 Å². The fraction of sp³-hybridized carbons (Fsp3) is 0.346. The highest BCUT2D eigenvalue weighted by molar-refractivity contribution is 7.93. The van der Waals surface area contributed by atoms with E-state index in [0.717, 1.165) is 0 Å². The van der Waals surface area contributed by atoms with Crippen LogP contribution in [-0.2, 0) is 24.3 Å². The minimum atomic E-state index is -4.63. The molecule has 13 heteroatoms. The summed E-state index contributed by atoms with van der Waals surface area (Å²) in [6, 6.07) is 9.22. The molecule has 1 amide bonds. The minimum Gasteiger partial charge on any atom is -0.493 e. The van der Waals surface area contributed by atoms with Gasteiger partial charge in [0.1, 0.15) is 10.6 Å². The number of ether oxygens (including phenoxy) is 4. The predicted octanol–water partition coefficient (Wildman–Crippen LogP) is 3.79. The number of pyridine rings is 1. The first-order chi connectivity index (χ1) is 18.6. The molecular formula is C26H30N4O8S. The number of carbonyl (C=O) groups excluding carboxylic acids is 2. The van der Waals surface area contributed by atoms with Gasteiger partial charge in [-0.1, -0.05) is 13.8 Å². The molecule has 0 saturated carbocycles. The molecule has 0 atom stereocenters. The largest absolute Gasteiger partial charge is 0.493 e. The van der Waals surface area contributed by atoms with Crippen molar-refractivity contribution >= 4 is 27.9 Å². The number of esters is 1. The van der Waals surface area contributed by atoms with Gasteiger partial charge in [-0.3, -0.25) is 9.78 Å². The molecule has 0 unspecified atom stereocenters. The Morgan fingerprint density at radius 1 is 1.05 bits per heavy atom. The number of amides is 1. The quantitative estimate of drug-likeness (QED) is 0.317. The van der Waals surface area contributed by atoms with Crippen molar-refractivity contribution in [2.45, 2.75) is 32.1 Å². The number of rotatable bonds is 11. The maximum atomic E-state index is 14.1. The lowest BCUT2D eigenvalue weighted by Gasteiger charge is -2.23. The number of aryl methyl sites for hydroxylation is 1. The summed E-state index contributed by atoms with van der Waals surface area (Å²) in [7, 11) is -2.04.